The molecule has 0 saturated carbocycles. The summed E-state index contributed by atoms with van der Waals surface area (Å²) in [4.78, 5) is 13.6. The Morgan fingerprint density at radius 2 is 2.00 bits per heavy atom. The lowest BCUT2D eigenvalue weighted by Gasteiger charge is -2.35. The van der Waals surface area contributed by atoms with Crippen LogP contribution in [0.4, 0.5) is 5.82 Å². The number of piperazine rings is 1. The van der Waals surface area contributed by atoms with Gasteiger partial charge in [0.1, 0.15) is 12.1 Å². The Hall–Kier alpha value is -1.64. The predicted molar refractivity (Wildman–Crippen MR) is 89.3 cm³/mol. The Morgan fingerprint density at radius 1 is 1.19 bits per heavy atom. The highest BCUT2D eigenvalue weighted by Crippen LogP contribution is 2.26. The number of rotatable bonds is 3. The minimum absolute atomic E-state index is 0.823. The fourth-order valence-corrected chi connectivity index (χ4v) is 3.03. The van der Waals surface area contributed by atoms with Crippen molar-refractivity contribution in [2.75, 3.05) is 37.6 Å². The van der Waals surface area contributed by atoms with Gasteiger partial charge in [0.25, 0.3) is 0 Å². The third kappa shape index (κ3) is 3.17. The van der Waals surface area contributed by atoms with Gasteiger partial charge >= 0.3 is 0 Å². The van der Waals surface area contributed by atoms with Crippen LogP contribution in [0.25, 0.3) is 10.9 Å². The summed E-state index contributed by atoms with van der Waals surface area (Å²) in [5.74, 6) is 3.73. The van der Waals surface area contributed by atoms with Crippen molar-refractivity contribution >= 4 is 32.7 Å². The van der Waals surface area contributed by atoms with Gasteiger partial charge in [0.15, 0.2) is 0 Å². The Bertz CT molecular complexity index is 672. The van der Waals surface area contributed by atoms with E-state index < -0.39 is 0 Å². The molecule has 2 heterocycles. The predicted octanol–water partition coefficient (Wildman–Crippen LogP) is 2.54. The van der Waals surface area contributed by atoms with Crippen LogP contribution in [0.5, 0.6) is 0 Å². The molecule has 0 N–H and O–H groups in total. The van der Waals surface area contributed by atoms with Crippen molar-refractivity contribution in [1.29, 1.82) is 0 Å². The van der Waals surface area contributed by atoms with Gasteiger partial charge in [0.05, 0.1) is 5.52 Å². The van der Waals surface area contributed by atoms with E-state index in [0.29, 0.717) is 0 Å². The fourth-order valence-electron chi connectivity index (χ4n) is 2.67. The first kappa shape index (κ1) is 14.3. The van der Waals surface area contributed by atoms with Gasteiger partial charge in [-0.05, 0) is 18.2 Å². The van der Waals surface area contributed by atoms with Crippen molar-refractivity contribution in [2.45, 2.75) is 6.42 Å². The lowest BCUT2D eigenvalue weighted by atomic mass is 10.2. The second kappa shape index (κ2) is 6.42. The molecule has 0 aliphatic carbocycles. The Labute approximate surface area is 133 Å². The number of hydrogen-bond acceptors (Lipinski definition) is 4. The number of nitrogens with zero attached hydrogens (tertiary/aromatic N) is 4. The van der Waals surface area contributed by atoms with E-state index in [1.165, 1.54) is 0 Å². The number of aromatic nitrogens is 2. The van der Waals surface area contributed by atoms with Crippen LogP contribution in [0.3, 0.4) is 0 Å². The van der Waals surface area contributed by atoms with E-state index in [2.05, 4.69) is 47.7 Å². The fraction of sp³-hybridized carbons (Fsp3) is 0.375. The summed E-state index contributed by atoms with van der Waals surface area (Å²) in [6.45, 7) is 5.00. The van der Waals surface area contributed by atoms with E-state index in [1.807, 2.05) is 12.1 Å². The number of anilines is 1. The molecule has 1 aromatic carbocycles. The molecule has 4 nitrogen and oxygen atoms in total. The number of terminal acetylenes is 1. The van der Waals surface area contributed by atoms with Crippen LogP contribution in [0.1, 0.15) is 6.42 Å². The van der Waals surface area contributed by atoms with Gasteiger partial charge in [0, 0.05) is 49.0 Å². The average molecular weight is 345 g/mol. The van der Waals surface area contributed by atoms with Crippen molar-refractivity contribution in [3.8, 4) is 12.3 Å². The molecule has 0 unspecified atom stereocenters. The molecule has 108 valence electrons. The van der Waals surface area contributed by atoms with E-state index in [0.717, 1.165) is 60.3 Å². The summed E-state index contributed by atoms with van der Waals surface area (Å²) in [6.07, 6.45) is 7.80. The van der Waals surface area contributed by atoms with Gasteiger partial charge < -0.3 is 4.90 Å². The molecule has 1 aliphatic rings. The van der Waals surface area contributed by atoms with E-state index in [1.54, 1.807) is 6.33 Å². The lowest BCUT2D eigenvalue weighted by molar-refractivity contribution is 0.263. The molecular weight excluding hydrogens is 328 g/mol. The highest BCUT2D eigenvalue weighted by Gasteiger charge is 2.19. The molecule has 0 spiro atoms. The second-order valence-corrected chi connectivity index (χ2v) is 6.06. The van der Waals surface area contributed by atoms with E-state index in [-0.39, 0.29) is 0 Å². The van der Waals surface area contributed by atoms with Crippen LogP contribution in [0, 0.1) is 12.3 Å². The molecule has 5 heteroatoms. The normalized spacial score (nSPS) is 16.1. The molecule has 1 fully saturated rings. The summed E-state index contributed by atoms with van der Waals surface area (Å²) in [7, 11) is 0. The molecule has 1 aromatic heterocycles. The quantitative estimate of drug-likeness (QED) is 0.801. The molecule has 0 bridgehead atoms. The first-order chi connectivity index (χ1) is 10.3. The maximum absolute atomic E-state index is 5.33. The lowest BCUT2D eigenvalue weighted by Crippen LogP contribution is -2.46. The van der Waals surface area contributed by atoms with Crippen LogP contribution in [0.2, 0.25) is 0 Å². The first-order valence-corrected chi connectivity index (χ1v) is 7.88. The second-order valence-electron chi connectivity index (χ2n) is 5.14. The monoisotopic (exact) mass is 344 g/mol. The molecule has 1 aliphatic heterocycles. The van der Waals surface area contributed by atoms with E-state index in [9.17, 15) is 0 Å². The molecule has 2 aromatic rings. The summed E-state index contributed by atoms with van der Waals surface area (Å²) in [6, 6.07) is 6.13. The summed E-state index contributed by atoms with van der Waals surface area (Å²) < 4.78 is 1.05. The summed E-state index contributed by atoms with van der Waals surface area (Å²) >= 11 is 3.53. The van der Waals surface area contributed by atoms with Crippen LogP contribution in [-0.2, 0) is 0 Å². The minimum Gasteiger partial charge on any atom is -0.353 e. The molecule has 21 heavy (non-hydrogen) atoms. The number of fused-ring (bicyclic) bond motifs is 1. The zero-order chi connectivity index (χ0) is 14.7. The van der Waals surface area contributed by atoms with Crippen LogP contribution < -0.4 is 4.90 Å². The highest BCUT2D eigenvalue weighted by molar-refractivity contribution is 9.10. The Kier molecular flexibility index (Phi) is 4.37. The molecular formula is C16H17BrN4. The smallest absolute Gasteiger partial charge is 0.140 e. The first-order valence-electron chi connectivity index (χ1n) is 7.09. The minimum atomic E-state index is 0.823. The van der Waals surface area contributed by atoms with Crippen LogP contribution in [0.15, 0.2) is 29.0 Å². The number of benzene rings is 1. The summed E-state index contributed by atoms with van der Waals surface area (Å²) in [5.41, 5.74) is 0.984. The van der Waals surface area contributed by atoms with Crippen molar-refractivity contribution in [1.82, 2.24) is 14.9 Å². The van der Waals surface area contributed by atoms with Gasteiger partial charge in [0.2, 0.25) is 0 Å². The average Bonchev–Trinajstić information content (AvgIpc) is 2.53. The highest BCUT2D eigenvalue weighted by atomic mass is 79.9. The van der Waals surface area contributed by atoms with Crippen molar-refractivity contribution in [3.63, 3.8) is 0 Å². The van der Waals surface area contributed by atoms with Gasteiger partial charge in [-0.2, -0.15) is 0 Å². The SMILES string of the molecule is C#CCCN1CCN(c2ncnc3ccc(Br)cc23)CC1. The third-order valence-corrected chi connectivity index (χ3v) is 4.31. The van der Waals surface area contributed by atoms with Crippen molar-refractivity contribution in [2.24, 2.45) is 0 Å². The van der Waals surface area contributed by atoms with E-state index in [4.69, 9.17) is 6.42 Å². The van der Waals surface area contributed by atoms with Crippen LogP contribution in [-0.4, -0.2) is 47.6 Å². The van der Waals surface area contributed by atoms with Crippen molar-refractivity contribution in [3.05, 3.63) is 29.0 Å². The summed E-state index contributed by atoms with van der Waals surface area (Å²) in [5, 5.41) is 1.10. The molecule has 0 radical (unpaired) electrons. The van der Waals surface area contributed by atoms with E-state index >= 15 is 0 Å². The standard InChI is InChI=1S/C16H17BrN4/c1-2-3-6-20-7-9-21(10-8-20)16-14-11-13(17)4-5-15(14)18-12-19-16/h1,4-5,11-12H,3,6-10H2. The topological polar surface area (TPSA) is 32.3 Å². The Balaban J connectivity index is 1.79. The van der Waals surface area contributed by atoms with Gasteiger partial charge in [-0.15, -0.1) is 12.3 Å². The van der Waals surface area contributed by atoms with Gasteiger partial charge in [-0.25, -0.2) is 9.97 Å². The zero-order valence-electron chi connectivity index (χ0n) is 11.8. The number of halogens is 1. The molecule has 3 rings (SSSR count). The maximum Gasteiger partial charge on any atom is 0.140 e. The Morgan fingerprint density at radius 3 is 2.76 bits per heavy atom. The number of hydrogen-bond donors (Lipinski definition) is 0. The van der Waals surface area contributed by atoms with Gasteiger partial charge in [-0.3, -0.25) is 4.90 Å². The molecule has 0 amide bonds. The van der Waals surface area contributed by atoms with Crippen LogP contribution >= 0.6 is 15.9 Å². The zero-order valence-corrected chi connectivity index (χ0v) is 13.4. The maximum atomic E-state index is 5.33. The third-order valence-electron chi connectivity index (χ3n) is 3.82. The largest absolute Gasteiger partial charge is 0.353 e. The van der Waals surface area contributed by atoms with Gasteiger partial charge in [-0.1, -0.05) is 15.9 Å². The molecule has 1 saturated heterocycles. The molecule has 0 atom stereocenters. The van der Waals surface area contributed by atoms with Crippen molar-refractivity contribution < 1.29 is 0 Å².